The Bertz CT molecular complexity index is 3830. The number of rotatable bonds is 6. The molecule has 0 aliphatic heterocycles. The third kappa shape index (κ3) is 5.30. The van der Waals surface area contributed by atoms with Gasteiger partial charge in [-0.05, 0) is 87.9 Å². The van der Waals surface area contributed by atoms with E-state index in [-0.39, 0.29) is 0 Å². The van der Waals surface area contributed by atoms with Crippen molar-refractivity contribution in [2.45, 2.75) is 0 Å². The molecular formula is C56H34N6. The third-order valence-corrected chi connectivity index (χ3v) is 12.3. The average molecular weight is 791 g/mol. The fraction of sp³-hybridized carbons (Fsp3) is 0. The molecule has 4 heterocycles. The molecule has 13 aromatic rings. The lowest BCUT2D eigenvalue weighted by Gasteiger charge is -2.12. The zero-order valence-corrected chi connectivity index (χ0v) is 33.3. The summed E-state index contributed by atoms with van der Waals surface area (Å²) in [5, 5.41) is 7.09. The topological polar surface area (TPSA) is 60.9 Å². The van der Waals surface area contributed by atoms with Gasteiger partial charge in [-0.1, -0.05) is 146 Å². The second kappa shape index (κ2) is 13.5. The molecule has 0 saturated heterocycles. The molecule has 0 bridgehead atoms. The van der Waals surface area contributed by atoms with Gasteiger partial charge in [-0.2, -0.15) is 0 Å². The van der Waals surface area contributed by atoms with Gasteiger partial charge in [0.1, 0.15) is 5.82 Å². The van der Waals surface area contributed by atoms with Crippen molar-refractivity contribution in [3.63, 3.8) is 0 Å². The van der Waals surface area contributed by atoms with E-state index in [4.69, 9.17) is 19.9 Å². The second-order valence-electron chi connectivity index (χ2n) is 15.9. The van der Waals surface area contributed by atoms with Gasteiger partial charge in [-0.25, -0.2) is 19.9 Å². The molecule has 0 N–H and O–H groups in total. The van der Waals surface area contributed by atoms with Crippen molar-refractivity contribution in [3.05, 3.63) is 206 Å². The zero-order chi connectivity index (χ0) is 40.7. The van der Waals surface area contributed by atoms with E-state index in [2.05, 4.69) is 185 Å². The normalized spacial score (nSPS) is 11.9. The molecule has 0 amide bonds. The summed E-state index contributed by atoms with van der Waals surface area (Å²) in [6.45, 7) is 0. The maximum absolute atomic E-state index is 5.34. The molecule has 0 aliphatic rings. The first-order valence-electron chi connectivity index (χ1n) is 20.9. The highest BCUT2D eigenvalue weighted by Crippen LogP contribution is 2.45. The summed E-state index contributed by atoms with van der Waals surface area (Å²) in [5.41, 5.74) is 12.7. The van der Waals surface area contributed by atoms with Gasteiger partial charge < -0.3 is 4.57 Å². The van der Waals surface area contributed by atoms with Gasteiger partial charge in [-0.3, -0.25) is 4.40 Å². The lowest BCUT2D eigenvalue weighted by Crippen LogP contribution is -2.00. The van der Waals surface area contributed by atoms with E-state index in [1.807, 2.05) is 30.3 Å². The molecule has 0 spiro atoms. The van der Waals surface area contributed by atoms with Gasteiger partial charge in [0.05, 0.1) is 27.6 Å². The third-order valence-electron chi connectivity index (χ3n) is 12.3. The number of hydrogen-bond donors (Lipinski definition) is 0. The smallest absolute Gasteiger partial charge is 0.164 e. The minimum Gasteiger partial charge on any atom is -0.309 e. The Morgan fingerprint density at radius 2 is 0.919 bits per heavy atom. The molecule has 0 atom stereocenters. The zero-order valence-electron chi connectivity index (χ0n) is 33.3. The van der Waals surface area contributed by atoms with Crippen molar-refractivity contribution >= 4 is 59.9 Å². The predicted octanol–water partition coefficient (Wildman–Crippen LogP) is 13.8. The second-order valence-corrected chi connectivity index (χ2v) is 15.9. The average Bonchev–Trinajstić information content (AvgIpc) is 3.87. The van der Waals surface area contributed by atoms with Gasteiger partial charge in [0.2, 0.25) is 0 Å². The summed E-state index contributed by atoms with van der Waals surface area (Å²) in [7, 11) is 0. The number of aromatic nitrogens is 6. The summed E-state index contributed by atoms with van der Waals surface area (Å²) < 4.78 is 4.80. The Balaban J connectivity index is 1.06. The fourth-order valence-electron chi connectivity index (χ4n) is 9.42. The van der Waals surface area contributed by atoms with Crippen LogP contribution in [0.4, 0.5) is 0 Å². The van der Waals surface area contributed by atoms with Gasteiger partial charge >= 0.3 is 0 Å². The van der Waals surface area contributed by atoms with Crippen LogP contribution < -0.4 is 0 Å². The maximum atomic E-state index is 5.34. The fourth-order valence-corrected chi connectivity index (χ4v) is 9.42. The maximum Gasteiger partial charge on any atom is 0.164 e. The van der Waals surface area contributed by atoms with Crippen LogP contribution in [-0.2, 0) is 0 Å². The van der Waals surface area contributed by atoms with E-state index in [0.29, 0.717) is 17.5 Å². The lowest BCUT2D eigenvalue weighted by molar-refractivity contribution is 1.07. The molecule has 4 aromatic heterocycles. The van der Waals surface area contributed by atoms with Crippen LogP contribution in [0.2, 0.25) is 0 Å². The Morgan fingerprint density at radius 3 is 1.66 bits per heavy atom. The number of hydrogen-bond acceptors (Lipinski definition) is 4. The Morgan fingerprint density at radius 1 is 0.323 bits per heavy atom. The first-order valence-corrected chi connectivity index (χ1v) is 20.9. The molecule has 0 aliphatic carbocycles. The largest absolute Gasteiger partial charge is 0.309 e. The van der Waals surface area contributed by atoms with E-state index in [0.717, 1.165) is 72.3 Å². The number of fused-ring (bicyclic) bond motifs is 4. The Labute approximate surface area is 356 Å². The number of benzene rings is 9. The van der Waals surface area contributed by atoms with Crippen molar-refractivity contribution in [3.8, 4) is 62.4 Å². The van der Waals surface area contributed by atoms with E-state index in [1.54, 1.807) is 0 Å². The summed E-state index contributed by atoms with van der Waals surface area (Å²) in [6.07, 6.45) is 0. The first kappa shape index (κ1) is 34.4. The van der Waals surface area contributed by atoms with E-state index >= 15 is 0 Å². The monoisotopic (exact) mass is 790 g/mol. The van der Waals surface area contributed by atoms with Crippen LogP contribution >= 0.6 is 0 Å². The van der Waals surface area contributed by atoms with Crippen LogP contribution in [0, 0.1) is 0 Å². The van der Waals surface area contributed by atoms with E-state index in [9.17, 15) is 0 Å². The number of para-hydroxylation sites is 1. The van der Waals surface area contributed by atoms with Crippen LogP contribution in [-0.4, -0.2) is 28.9 Å². The van der Waals surface area contributed by atoms with E-state index < -0.39 is 0 Å². The Hall–Kier alpha value is -8.48. The van der Waals surface area contributed by atoms with Gasteiger partial charge in [-0.15, -0.1) is 0 Å². The van der Waals surface area contributed by atoms with Crippen LogP contribution in [0.25, 0.3) is 122 Å². The highest BCUT2D eigenvalue weighted by atomic mass is 15.1. The van der Waals surface area contributed by atoms with Crippen LogP contribution in [0.15, 0.2) is 206 Å². The van der Waals surface area contributed by atoms with Crippen molar-refractivity contribution in [2.75, 3.05) is 0 Å². The van der Waals surface area contributed by atoms with Gasteiger partial charge in [0, 0.05) is 44.1 Å². The lowest BCUT2D eigenvalue weighted by atomic mass is 9.98. The van der Waals surface area contributed by atoms with Crippen LogP contribution in [0.1, 0.15) is 0 Å². The molecule has 9 aromatic carbocycles. The quantitative estimate of drug-likeness (QED) is 0.168. The molecular weight excluding hydrogens is 757 g/mol. The summed E-state index contributed by atoms with van der Waals surface area (Å²) in [5.74, 6) is 2.82. The van der Waals surface area contributed by atoms with Gasteiger partial charge in [0.25, 0.3) is 0 Å². The van der Waals surface area contributed by atoms with Crippen molar-refractivity contribution in [2.24, 2.45) is 0 Å². The minimum atomic E-state index is 0.620. The highest BCUT2D eigenvalue weighted by Gasteiger charge is 2.25. The number of nitrogens with zero attached hydrogens (tertiary/aromatic N) is 6. The van der Waals surface area contributed by atoms with Crippen molar-refractivity contribution < 1.29 is 0 Å². The molecule has 0 saturated carbocycles. The predicted molar refractivity (Wildman–Crippen MR) is 254 cm³/mol. The van der Waals surface area contributed by atoms with E-state index in [1.165, 1.54) is 32.5 Å². The molecule has 0 fully saturated rings. The van der Waals surface area contributed by atoms with Crippen molar-refractivity contribution in [1.82, 2.24) is 28.9 Å². The summed E-state index contributed by atoms with van der Waals surface area (Å²) >= 11 is 0. The summed E-state index contributed by atoms with van der Waals surface area (Å²) in [4.78, 5) is 20.5. The van der Waals surface area contributed by atoms with Crippen molar-refractivity contribution in [1.29, 1.82) is 0 Å². The molecule has 0 radical (unpaired) electrons. The minimum absolute atomic E-state index is 0.620. The molecule has 6 nitrogen and oxygen atoms in total. The van der Waals surface area contributed by atoms with Gasteiger partial charge in [0.15, 0.2) is 17.5 Å². The molecule has 62 heavy (non-hydrogen) atoms. The standard InChI is InChI=1S/C56H34N6/c1-4-14-35(15-5-1)42-33-45-44-22-12-13-23-47(44)62-52-46(57-56(62)39-19-8-3-9-20-39)30-31-48-51(52)50(45)49(34-42)61(48)43-28-26-38(27-29-43)54-58-53(37-17-6-2-7-18-37)59-55(60-54)41-25-24-36-16-10-11-21-40(36)32-41/h1-34H. The van der Waals surface area contributed by atoms with Crippen LogP contribution in [0.5, 0.6) is 0 Å². The summed E-state index contributed by atoms with van der Waals surface area (Å²) in [6, 6.07) is 72.7. The molecule has 288 valence electrons. The van der Waals surface area contributed by atoms with Crippen LogP contribution in [0.3, 0.4) is 0 Å². The molecule has 6 heteroatoms. The first-order chi connectivity index (χ1) is 30.7. The SMILES string of the molecule is c1ccc(-c2cc3c4ccccc4n4c(-c5ccccc5)nc5ccc6c(c3c(c2)n6-c2ccc(-c3nc(-c6ccccc6)nc(-c6ccc7ccccc7c6)n3)cc2)c54)cc1. The molecule has 13 rings (SSSR count). The molecule has 0 unspecified atom stereocenters. The highest BCUT2D eigenvalue weighted by molar-refractivity contribution is 6.30. The number of imidazole rings is 1. The Kier molecular flexibility index (Phi) is 7.50.